The average Bonchev–Trinajstić information content (AvgIpc) is 3.70. The van der Waals surface area contributed by atoms with Gasteiger partial charge in [-0.3, -0.25) is 18.9 Å². The summed E-state index contributed by atoms with van der Waals surface area (Å²) in [5.74, 6) is -3.83. The highest BCUT2D eigenvalue weighted by atomic mass is 32.2. The molecule has 4 heterocycles. The maximum atomic E-state index is 15.5. The third kappa shape index (κ3) is 8.69. The van der Waals surface area contributed by atoms with E-state index in [1.165, 1.54) is 28.8 Å². The minimum Gasteiger partial charge on any atom is -0.444 e. The van der Waals surface area contributed by atoms with Gasteiger partial charge < -0.3 is 20.1 Å². The van der Waals surface area contributed by atoms with Crippen LogP contribution in [0.15, 0.2) is 48.5 Å². The van der Waals surface area contributed by atoms with Crippen molar-refractivity contribution in [3.8, 4) is 23.0 Å². The number of aryl methyl sites for hydroxylation is 1. The molecule has 1 aliphatic heterocycles. The molecule has 2 fully saturated rings. The summed E-state index contributed by atoms with van der Waals surface area (Å²) in [4.78, 5) is 32.5. The Hall–Kier alpha value is -6.21. The number of β-amino-alcohol motifs (C(OH)–C–C–N with tert-alkyl or cyclic N) is 1. The lowest BCUT2D eigenvalue weighted by atomic mass is 9.93. The summed E-state index contributed by atoms with van der Waals surface area (Å²) in [6, 6.07) is 8.86. The Bertz CT molecular complexity index is 2910. The molecule has 2 amide bonds. The van der Waals surface area contributed by atoms with Crippen LogP contribution in [0.1, 0.15) is 73.1 Å². The monoisotopic (exact) mass is 916 g/mol. The maximum absolute atomic E-state index is 15.5. The fourth-order valence-corrected chi connectivity index (χ4v) is 8.79. The number of sulfonamides is 1. The first-order chi connectivity index (χ1) is 29.7. The van der Waals surface area contributed by atoms with Gasteiger partial charge in [0.05, 0.1) is 36.6 Å². The van der Waals surface area contributed by atoms with Crippen LogP contribution in [-0.4, -0.2) is 85.5 Å². The van der Waals surface area contributed by atoms with Crippen LogP contribution in [0.4, 0.5) is 41.3 Å². The number of hydrogen-bond donors (Lipinski definition) is 3. The number of pyridine rings is 1. The predicted octanol–water partition coefficient (Wildman–Crippen LogP) is 6.14. The van der Waals surface area contributed by atoms with Gasteiger partial charge in [0.25, 0.3) is 5.92 Å². The van der Waals surface area contributed by atoms with Crippen molar-refractivity contribution in [2.24, 2.45) is 13.0 Å². The highest BCUT2D eigenvalue weighted by molar-refractivity contribution is 7.92. The Labute approximate surface area is 360 Å². The third-order valence-electron chi connectivity index (χ3n) is 10.9. The molecule has 3 aromatic heterocycles. The van der Waals surface area contributed by atoms with E-state index in [0.29, 0.717) is 27.2 Å². The molecule has 0 spiro atoms. The summed E-state index contributed by atoms with van der Waals surface area (Å²) >= 11 is 0. The number of nitrogens with zero attached hydrogens (tertiary/aromatic N) is 6. The zero-order chi connectivity index (χ0) is 46.5. The van der Waals surface area contributed by atoms with Crippen LogP contribution < -0.4 is 10.0 Å². The number of amides is 2. The predicted molar refractivity (Wildman–Crippen MR) is 215 cm³/mol. The number of aliphatic hydroxyl groups is 1. The minimum absolute atomic E-state index is 0.0252. The molecule has 3 N–H and O–H groups in total. The van der Waals surface area contributed by atoms with Crippen LogP contribution in [0.5, 0.6) is 0 Å². The number of aromatic nitrogens is 5. The van der Waals surface area contributed by atoms with E-state index in [1.807, 2.05) is 0 Å². The van der Waals surface area contributed by atoms with Crippen LogP contribution in [0.2, 0.25) is 0 Å². The highest BCUT2D eigenvalue weighted by Gasteiger charge is 2.68. The second-order valence-electron chi connectivity index (χ2n) is 17.2. The first-order valence-corrected chi connectivity index (χ1v) is 21.6. The fraction of sp³-hybridized carbons (Fsp3) is 0.405. The number of anilines is 1. The number of likely N-dealkylation sites (tertiary alicyclic amines) is 1. The molecule has 2 aromatic carbocycles. The molecule has 2 aliphatic carbocycles. The molecule has 5 aromatic rings. The van der Waals surface area contributed by atoms with E-state index < -0.39 is 105 Å². The molecule has 14 nitrogen and oxygen atoms in total. The van der Waals surface area contributed by atoms with Crippen molar-refractivity contribution < 1.29 is 58.6 Å². The van der Waals surface area contributed by atoms with Gasteiger partial charge in [-0.2, -0.15) is 32.1 Å². The quantitative estimate of drug-likeness (QED) is 0.116. The molecule has 3 atom stereocenters. The first kappa shape index (κ1) is 44.4. The number of ether oxygens (including phenoxy) is 1. The number of alkyl halides is 5. The number of carbonyl (C=O) groups is 2. The Morgan fingerprint density at radius 3 is 2.36 bits per heavy atom. The van der Waals surface area contributed by atoms with Crippen molar-refractivity contribution in [2.75, 3.05) is 24.1 Å². The number of halogens is 7. The molecule has 3 aliphatic rings. The second-order valence-corrected chi connectivity index (χ2v) is 19.0. The minimum atomic E-state index is -5.10. The normalized spacial score (nSPS) is 18.9. The number of fused-ring (bicyclic) bond motifs is 4. The fourth-order valence-electron chi connectivity index (χ4n) is 8.29. The number of nitrogens with one attached hydrogen (secondary N) is 2. The van der Waals surface area contributed by atoms with Gasteiger partial charge in [0.1, 0.15) is 35.2 Å². The Kier molecular flexibility index (Phi) is 10.6. The van der Waals surface area contributed by atoms with E-state index in [1.54, 1.807) is 39.0 Å². The van der Waals surface area contributed by atoms with E-state index in [9.17, 15) is 45.1 Å². The van der Waals surface area contributed by atoms with E-state index in [2.05, 4.69) is 32.1 Å². The molecule has 338 valence electrons. The molecular weight excluding hydrogens is 878 g/mol. The zero-order valence-electron chi connectivity index (χ0n) is 34.6. The Morgan fingerprint density at radius 1 is 1.03 bits per heavy atom. The van der Waals surface area contributed by atoms with Gasteiger partial charge in [-0.15, -0.1) is 0 Å². The molecular formula is C42H39F7N8O6S. The highest BCUT2D eigenvalue weighted by Crippen LogP contribution is 2.68. The number of hydrogen-bond acceptors (Lipinski definition) is 9. The largest absolute Gasteiger partial charge is 0.444 e. The van der Waals surface area contributed by atoms with Gasteiger partial charge in [-0.05, 0) is 81.3 Å². The van der Waals surface area contributed by atoms with E-state index in [4.69, 9.17) is 9.72 Å². The molecule has 8 rings (SSSR count). The van der Waals surface area contributed by atoms with Gasteiger partial charge in [0.2, 0.25) is 15.9 Å². The van der Waals surface area contributed by atoms with Crippen molar-refractivity contribution in [3.05, 3.63) is 94.1 Å². The molecule has 64 heavy (non-hydrogen) atoms. The maximum Gasteiger partial charge on any atom is 0.435 e. The van der Waals surface area contributed by atoms with Gasteiger partial charge in [-0.1, -0.05) is 18.1 Å². The molecule has 1 saturated heterocycles. The van der Waals surface area contributed by atoms with Crippen LogP contribution in [0.25, 0.3) is 22.0 Å². The third-order valence-corrected chi connectivity index (χ3v) is 11.4. The lowest BCUT2D eigenvalue weighted by Crippen LogP contribution is -2.63. The van der Waals surface area contributed by atoms with E-state index in [0.717, 1.165) is 18.4 Å². The van der Waals surface area contributed by atoms with Gasteiger partial charge in [-0.25, -0.2) is 27.0 Å². The number of carbonyl (C=O) groups excluding carboxylic acids is 2. The first-order valence-electron chi connectivity index (χ1n) is 19.7. The van der Waals surface area contributed by atoms with Gasteiger partial charge in [0, 0.05) is 41.1 Å². The lowest BCUT2D eigenvalue weighted by Gasteiger charge is -2.43. The van der Waals surface area contributed by atoms with E-state index in [-0.39, 0.29) is 47.8 Å². The standard InChI is InChI=1S/C42H39F7N8O6S/c1-39(2,3)63-38(59)56-19-40(60,20-56)12-11-24-9-10-25(26-7-6-8-27-34(26)55(4)53-37(27)54-64(5,61)62)33(50-24)30(15-21-13-22(43)16-23(44)14-21)51-31(58)18-57-36-32(35(52-57)42(47,48)49)28-17-29(28)41(36,45)46/h6-10,13-14,16,28-30,60H,15,17-20H2,1-5H3,(H,51,58)(H,53,54)/t28-,29+,30-/m0/s1. The molecule has 0 unspecified atom stereocenters. The topological polar surface area (TPSA) is 174 Å². The van der Waals surface area contributed by atoms with Gasteiger partial charge in [0.15, 0.2) is 17.1 Å². The zero-order valence-corrected chi connectivity index (χ0v) is 35.4. The van der Waals surface area contributed by atoms with Crippen LogP contribution in [0.3, 0.4) is 0 Å². The molecule has 0 radical (unpaired) electrons. The average molecular weight is 917 g/mol. The Balaban J connectivity index is 1.23. The summed E-state index contributed by atoms with van der Waals surface area (Å²) in [5.41, 5.74) is -4.90. The number of rotatable bonds is 9. The summed E-state index contributed by atoms with van der Waals surface area (Å²) in [7, 11) is -2.29. The number of para-hydroxylation sites is 1. The molecule has 0 bridgehead atoms. The van der Waals surface area contributed by atoms with Crippen molar-refractivity contribution in [3.63, 3.8) is 0 Å². The summed E-state index contributed by atoms with van der Waals surface area (Å²) in [6.45, 7) is 3.48. The summed E-state index contributed by atoms with van der Waals surface area (Å²) in [5, 5.41) is 21.9. The van der Waals surface area contributed by atoms with Gasteiger partial charge >= 0.3 is 12.3 Å². The molecule has 1 saturated carbocycles. The number of benzene rings is 2. The van der Waals surface area contributed by atoms with Crippen LogP contribution in [-0.2, 0) is 51.7 Å². The Morgan fingerprint density at radius 2 is 1.72 bits per heavy atom. The van der Waals surface area contributed by atoms with Crippen molar-refractivity contribution in [2.45, 2.75) is 75.4 Å². The lowest BCUT2D eigenvalue weighted by molar-refractivity contribution is -0.142. The smallest absolute Gasteiger partial charge is 0.435 e. The summed E-state index contributed by atoms with van der Waals surface area (Å²) in [6.07, 6.45) is -5.45. The SMILES string of the molecule is Cn1nc(NS(C)(=O)=O)c2cccc(-c3ccc(C#CC4(O)CN(C(=O)OC(C)(C)C)C4)nc3[C@H](Cc3cc(F)cc(F)c3)NC(=O)Cn3nc(C(F)(F)F)c4c3C(F)(F)[C@@H]3C[C@H]43)c21. The second kappa shape index (κ2) is 15.2. The summed E-state index contributed by atoms with van der Waals surface area (Å²) < 4.78 is 137. The van der Waals surface area contributed by atoms with Crippen molar-refractivity contribution in [1.29, 1.82) is 0 Å². The van der Waals surface area contributed by atoms with Crippen LogP contribution >= 0.6 is 0 Å². The van der Waals surface area contributed by atoms with Crippen LogP contribution in [0, 0.1) is 29.4 Å². The van der Waals surface area contributed by atoms with Crippen molar-refractivity contribution in [1.82, 2.24) is 34.8 Å². The van der Waals surface area contributed by atoms with Crippen molar-refractivity contribution >= 4 is 38.7 Å². The van der Waals surface area contributed by atoms with E-state index >= 15 is 8.78 Å². The molecule has 22 heteroatoms.